The van der Waals surface area contributed by atoms with E-state index >= 15 is 0 Å². The van der Waals surface area contributed by atoms with Crippen molar-refractivity contribution >= 4 is 28.7 Å². The summed E-state index contributed by atoms with van der Waals surface area (Å²) in [6, 6.07) is 9.89. The van der Waals surface area contributed by atoms with E-state index in [-0.39, 0.29) is 24.3 Å². The summed E-state index contributed by atoms with van der Waals surface area (Å²) < 4.78 is 9.70. The lowest BCUT2D eigenvalue weighted by Gasteiger charge is -2.10. The van der Waals surface area contributed by atoms with Crippen molar-refractivity contribution in [2.45, 2.75) is 0 Å². The molecule has 0 fully saturated rings. The Kier molecular flexibility index (Phi) is 5.09. The van der Waals surface area contributed by atoms with Crippen LogP contribution in [0.3, 0.4) is 0 Å². The van der Waals surface area contributed by atoms with Crippen molar-refractivity contribution in [2.24, 2.45) is 0 Å². The Bertz CT molecular complexity index is 778. The van der Waals surface area contributed by atoms with E-state index in [0.717, 1.165) is 11.5 Å². The molecule has 0 bridgehead atoms. The number of benzene rings is 2. The molecule has 0 aliphatic heterocycles. The van der Waals surface area contributed by atoms with Crippen LogP contribution < -0.4 is 0 Å². The van der Waals surface area contributed by atoms with Crippen molar-refractivity contribution in [3.05, 3.63) is 60.2 Å². The summed E-state index contributed by atoms with van der Waals surface area (Å²) in [6.07, 6.45) is 0.995. The number of hydrogen-bond acceptors (Lipinski definition) is 5. The molecule has 0 saturated carbocycles. The molecule has 118 valence electrons. The van der Waals surface area contributed by atoms with Gasteiger partial charge in [0.1, 0.15) is 13.2 Å². The van der Waals surface area contributed by atoms with E-state index in [1.807, 2.05) is 0 Å². The van der Waals surface area contributed by atoms with E-state index in [9.17, 15) is 19.5 Å². The fourth-order valence-electron chi connectivity index (χ4n) is 2.08. The van der Waals surface area contributed by atoms with Gasteiger partial charge in [0, 0.05) is 6.08 Å². The lowest BCUT2D eigenvalue weighted by atomic mass is 9.99. The molecule has 0 radical (unpaired) electrons. The third kappa shape index (κ3) is 3.74. The highest BCUT2D eigenvalue weighted by atomic mass is 16.6. The van der Waals surface area contributed by atoms with E-state index in [1.165, 1.54) is 6.07 Å². The smallest absolute Gasteiger partial charge is 0.339 e. The fraction of sp³-hybridized carbons (Fsp3) is 0.118. The van der Waals surface area contributed by atoms with Gasteiger partial charge in [-0.25, -0.2) is 14.4 Å². The molecule has 0 aliphatic carbocycles. The van der Waals surface area contributed by atoms with Crippen molar-refractivity contribution in [3.63, 3.8) is 0 Å². The maximum Gasteiger partial charge on any atom is 0.339 e. The summed E-state index contributed by atoms with van der Waals surface area (Å²) in [4.78, 5) is 34.5. The molecule has 0 unspecified atom stereocenters. The molecule has 23 heavy (non-hydrogen) atoms. The lowest BCUT2D eigenvalue weighted by molar-refractivity contribution is -0.138. The van der Waals surface area contributed by atoms with E-state index in [0.29, 0.717) is 5.39 Å². The van der Waals surface area contributed by atoms with Gasteiger partial charge >= 0.3 is 17.9 Å². The third-order valence-electron chi connectivity index (χ3n) is 3.09. The van der Waals surface area contributed by atoms with Crippen LogP contribution in [0.25, 0.3) is 10.8 Å². The minimum atomic E-state index is -1.22. The average molecular weight is 314 g/mol. The van der Waals surface area contributed by atoms with Crippen molar-refractivity contribution in [2.75, 3.05) is 13.2 Å². The summed E-state index contributed by atoms with van der Waals surface area (Å²) in [6.45, 7) is 2.92. The summed E-state index contributed by atoms with van der Waals surface area (Å²) in [5, 5.41) is 10.5. The van der Waals surface area contributed by atoms with Gasteiger partial charge in [0.15, 0.2) is 0 Å². The van der Waals surface area contributed by atoms with E-state index in [2.05, 4.69) is 6.58 Å². The highest BCUT2D eigenvalue weighted by molar-refractivity contribution is 6.12. The van der Waals surface area contributed by atoms with Gasteiger partial charge in [-0.3, -0.25) is 0 Å². The second kappa shape index (κ2) is 7.22. The molecule has 0 spiro atoms. The zero-order valence-electron chi connectivity index (χ0n) is 12.2. The van der Waals surface area contributed by atoms with E-state index in [4.69, 9.17) is 9.47 Å². The maximum atomic E-state index is 12.3. The Morgan fingerprint density at radius 3 is 2.43 bits per heavy atom. The minimum Gasteiger partial charge on any atom is -0.478 e. The number of rotatable bonds is 6. The van der Waals surface area contributed by atoms with Crippen LogP contribution >= 0.6 is 0 Å². The van der Waals surface area contributed by atoms with Gasteiger partial charge in [-0.1, -0.05) is 36.9 Å². The Morgan fingerprint density at radius 1 is 1.04 bits per heavy atom. The minimum absolute atomic E-state index is 0.0225. The fourth-order valence-corrected chi connectivity index (χ4v) is 2.08. The molecule has 0 saturated heterocycles. The summed E-state index contributed by atoms with van der Waals surface area (Å²) in [5.41, 5.74) is -0.164. The van der Waals surface area contributed by atoms with Crippen LogP contribution in [-0.4, -0.2) is 36.2 Å². The molecule has 0 heterocycles. The van der Waals surface area contributed by atoms with Crippen LogP contribution in [0.15, 0.2) is 49.1 Å². The first-order chi connectivity index (χ1) is 11.0. The van der Waals surface area contributed by atoms with Crippen LogP contribution in [0.1, 0.15) is 20.7 Å². The monoisotopic (exact) mass is 314 g/mol. The number of carboxylic acids is 1. The molecule has 0 aromatic heterocycles. The molecule has 0 atom stereocenters. The molecule has 0 aliphatic rings. The summed E-state index contributed by atoms with van der Waals surface area (Å²) in [7, 11) is 0. The van der Waals surface area contributed by atoms with Crippen molar-refractivity contribution < 1.29 is 29.0 Å². The number of carbonyl (C=O) groups excluding carboxylic acids is 2. The molecule has 6 heteroatoms. The Morgan fingerprint density at radius 2 is 1.74 bits per heavy atom. The lowest BCUT2D eigenvalue weighted by Crippen LogP contribution is -2.16. The maximum absolute atomic E-state index is 12.3. The second-order valence-corrected chi connectivity index (χ2v) is 4.52. The molecule has 2 aromatic carbocycles. The van der Waals surface area contributed by atoms with Gasteiger partial charge in [0.05, 0.1) is 11.1 Å². The Balaban J connectivity index is 2.24. The largest absolute Gasteiger partial charge is 0.478 e. The third-order valence-corrected chi connectivity index (χ3v) is 3.09. The van der Waals surface area contributed by atoms with Crippen LogP contribution in [0.5, 0.6) is 0 Å². The quantitative estimate of drug-likeness (QED) is 0.500. The molecule has 1 N–H and O–H groups in total. The molecular formula is C17H14O6. The van der Waals surface area contributed by atoms with Gasteiger partial charge < -0.3 is 14.6 Å². The van der Waals surface area contributed by atoms with E-state index in [1.54, 1.807) is 30.3 Å². The van der Waals surface area contributed by atoms with E-state index < -0.39 is 17.9 Å². The molecule has 2 aromatic rings. The molecule has 6 nitrogen and oxygen atoms in total. The molecule has 2 rings (SSSR count). The van der Waals surface area contributed by atoms with Gasteiger partial charge in [-0.15, -0.1) is 0 Å². The predicted molar refractivity (Wildman–Crippen MR) is 82.3 cm³/mol. The topological polar surface area (TPSA) is 89.9 Å². The number of aromatic carboxylic acids is 1. The van der Waals surface area contributed by atoms with Gasteiger partial charge in [-0.2, -0.15) is 0 Å². The zero-order chi connectivity index (χ0) is 16.8. The summed E-state index contributed by atoms with van der Waals surface area (Å²) in [5.74, 6) is -2.63. The first kappa shape index (κ1) is 16.2. The SMILES string of the molecule is C=CC(=O)OCCOC(=O)c1c(C(=O)O)ccc2ccccc12. The summed E-state index contributed by atoms with van der Waals surface area (Å²) >= 11 is 0. The van der Waals surface area contributed by atoms with Crippen molar-refractivity contribution in [3.8, 4) is 0 Å². The van der Waals surface area contributed by atoms with Gasteiger partial charge in [0.2, 0.25) is 0 Å². The normalized spacial score (nSPS) is 10.1. The van der Waals surface area contributed by atoms with Gasteiger partial charge in [-0.05, 0) is 16.8 Å². The number of fused-ring (bicyclic) bond motifs is 1. The molecular weight excluding hydrogens is 300 g/mol. The van der Waals surface area contributed by atoms with Crippen LogP contribution in [-0.2, 0) is 14.3 Å². The molecule has 0 amide bonds. The highest BCUT2D eigenvalue weighted by Crippen LogP contribution is 2.23. The van der Waals surface area contributed by atoms with Crippen molar-refractivity contribution in [1.82, 2.24) is 0 Å². The standard InChI is InChI=1S/C17H14O6/c1-2-14(18)22-9-10-23-17(21)15-12-6-4-3-5-11(12)7-8-13(15)16(19)20/h2-8H,1,9-10H2,(H,19,20). The average Bonchev–Trinajstić information content (AvgIpc) is 2.56. The highest BCUT2D eigenvalue weighted by Gasteiger charge is 2.21. The Labute approximate surface area is 131 Å². The second-order valence-electron chi connectivity index (χ2n) is 4.52. The first-order valence-electron chi connectivity index (χ1n) is 6.76. The van der Waals surface area contributed by atoms with Gasteiger partial charge in [0.25, 0.3) is 0 Å². The zero-order valence-corrected chi connectivity index (χ0v) is 12.2. The van der Waals surface area contributed by atoms with Crippen LogP contribution in [0.2, 0.25) is 0 Å². The predicted octanol–water partition coefficient (Wildman–Crippen LogP) is 2.42. The number of ether oxygens (including phenoxy) is 2. The number of carbonyl (C=O) groups is 3. The number of esters is 2. The van der Waals surface area contributed by atoms with Crippen LogP contribution in [0, 0.1) is 0 Å². The Hall–Kier alpha value is -3.15. The van der Waals surface area contributed by atoms with Crippen LogP contribution in [0.4, 0.5) is 0 Å². The first-order valence-corrected chi connectivity index (χ1v) is 6.76. The number of carboxylic acid groups (broad SMARTS) is 1. The van der Waals surface area contributed by atoms with Crippen molar-refractivity contribution in [1.29, 1.82) is 0 Å². The number of hydrogen-bond donors (Lipinski definition) is 1.